The molecule has 1 heterocycles. The van der Waals surface area contributed by atoms with Gasteiger partial charge >= 0.3 is 0 Å². The van der Waals surface area contributed by atoms with Gasteiger partial charge in [0.2, 0.25) is 5.91 Å². The van der Waals surface area contributed by atoms with Crippen LogP contribution in [0.15, 0.2) is 29.0 Å². The minimum Gasteiger partial charge on any atom is -0.372 e. The Bertz CT molecular complexity index is 785. The van der Waals surface area contributed by atoms with E-state index in [1.165, 1.54) is 17.4 Å². The number of amides is 1. The first-order chi connectivity index (χ1) is 11.9. The van der Waals surface area contributed by atoms with Crippen LogP contribution in [0.4, 0.5) is 10.1 Å². The third kappa shape index (κ3) is 5.18. The Morgan fingerprint density at radius 2 is 2.16 bits per heavy atom. The molecule has 132 valence electrons. The van der Waals surface area contributed by atoms with Crippen LogP contribution in [-0.2, 0) is 4.79 Å². The van der Waals surface area contributed by atoms with E-state index in [9.17, 15) is 9.18 Å². The number of nitriles is 1. The van der Waals surface area contributed by atoms with Crippen molar-refractivity contribution < 1.29 is 9.18 Å². The van der Waals surface area contributed by atoms with Crippen molar-refractivity contribution in [3.63, 3.8) is 0 Å². The number of carbonyl (C=O) groups is 1. The summed E-state index contributed by atoms with van der Waals surface area (Å²) >= 11 is 7.36. The number of rotatable bonds is 7. The molecule has 0 saturated heterocycles. The van der Waals surface area contributed by atoms with Gasteiger partial charge in [-0.25, -0.2) is 4.39 Å². The van der Waals surface area contributed by atoms with Crippen LogP contribution in [0.3, 0.4) is 0 Å². The Labute approximate surface area is 155 Å². The number of halogens is 2. The average molecular weight is 380 g/mol. The van der Waals surface area contributed by atoms with E-state index in [1.54, 1.807) is 12.1 Å². The van der Waals surface area contributed by atoms with Crippen molar-refractivity contribution in [3.05, 3.63) is 39.8 Å². The molecule has 0 bridgehead atoms. The minimum atomic E-state index is -0.469. The lowest BCUT2D eigenvalue weighted by Gasteiger charge is -2.21. The van der Waals surface area contributed by atoms with Crippen molar-refractivity contribution in [3.8, 4) is 17.2 Å². The summed E-state index contributed by atoms with van der Waals surface area (Å²) in [6.45, 7) is 4.03. The van der Waals surface area contributed by atoms with Crippen LogP contribution >= 0.6 is 22.9 Å². The smallest absolute Gasteiger partial charge is 0.243 e. The molecular formula is C18H19ClFN3OS. The van der Waals surface area contributed by atoms with Crippen molar-refractivity contribution in [2.75, 3.05) is 11.9 Å². The summed E-state index contributed by atoms with van der Waals surface area (Å²) in [5.41, 5.74) is 2.41. The topological polar surface area (TPSA) is 64.9 Å². The third-order valence-electron chi connectivity index (χ3n) is 3.59. The van der Waals surface area contributed by atoms with Gasteiger partial charge in [-0.1, -0.05) is 31.5 Å². The van der Waals surface area contributed by atoms with Gasteiger partial charge in [0, 0.05) is 16.3 Å². The van der Waals surface area contributed by atoms with Crippen molar-refractivity contribution >= 4 is 34.5 Å². The maximum absolute atomic E-state index is 13.4. The van der Waals surface area contributed by atoms with Gasteiger partial charge in [-0.3, -0.25) is 4.79 Å². The highest BCUT2D eigenvalue weighted by molar-refractivity contribution is 7.08. The zero-order chi connectivity index (χ0) is 18.4. The van der Waals surface area contributed by atoms with E-state index in [4.69, 9.17) is 16.9 Å². The maximum Gasteiger partial charge on any atom is 0.243 e. The van der Waals surface area contributed by atoms with Crippen molar-refractivity contribution in [2.45, 2.75) is 26.3 Å². The average Bonchev–Trinajstić information content (AvgIpc) is 3.02. The monoisotopic (exact) mass is 379 g/mol. The highest BCUT2D eigenvalue weighted by atomic mass is 35.5. The molecule has 1 aromatic heterocycles. The van der Waals surface area contributed by atoms with Gasteiger partial charge < -0.3 is 10.6 Å². The Balaban J connectivity index is 2.25. The van der Waals surface area contributed by atoms with Gasteiger partial charge in [0.05, 0.1) is 16.8 Å². The Morgan fingerprint density at radius 3 is 2.80 bits per heavy atom. The highest BCUT2D eigenvalue weighted by Gasteiger charge is 2.21. The highest BCUT2D eigenvalue weighted by Crippen LogP contribution is 2.34. The van der Waals surface area contributed by atoms with Crippen LogP contribution in [0.1, 0.15) is 20.3 Å². The molecule has 0 radical (unpaired) electrons. The van der Waals surface area contributed by atoms with Crippen molar-refractivity contribution in [1.29, 1.82) is 5.26 Å². The SMILES string of the molecule is CC(C)C[C@H](Nc1cscc1-c1ccc(F)c(Cl)c1)C(=O)NCC#N. The normalized spacial score (nSPS) is 11.8. The van der Waals surface area contributed by atoms with Gasteiger partial charge in [-0.15, -0.1) is 11.3 Å². The molecule has 0 aliphatic carbocycles. The lowest BCUT2D eigenvalue weighted by molar-refractivity contribution is -0.121. The third-order valence-corrected chi connectivity index (χ3v) is 4.62. The standard InChI is InChI=1S/C18H19ClFN3OS/c1-11(2)7-16(18(24)22-6-5-21)23-17-10-25-9-13(17)12-3-4-15(20)14(19)8-12/h3-4,8-11,16,23H,6-7H2,1-2H3,(H,22,24)/t16-/m0/s1. The molecule has 0 aliphatic rings. The molecule has 2 rings (SSSR count). The zero-order valence-electron chi connectivity index (χ0n) is 14.0. The Morgan fingerprint density at radius 1 is 1.40 bits per heavy atom. The number of carbonyl (C=O) groups excluding carboxylic acids is 1. The van der Waals surface area contributed by atoms with E-state index in [0.717, 1.165) is 16.8 Å². The first-order valence-electron chi connectivity index (χ1n) is 7.85. The predicted molar refractivity (Wildman–Crippen MR) is 100 cm³/mol. The van der Waals surface area contributed by atoms with Crippen LogP contribution in [-0.4, -0.2) is 18.5 Å². The van der Waals surface area contributed by atoms with E-state index < -0.39 is 11.9 Å². The molecule has 0 saturated carbocycles. The minimum absolute atomic E-state index is 0.0286. The van der Waals surface area contributed by atoms with E-state index >= 15 is 0 Å². The molecule has 0 unspecified atom stereocenters. The summed E-state index contributed by atoms with van der Waals surface area (Å²) in [5, 5.41) is 18.4. The van der Waals surface area contributed by atoms with Crippen LogP contribution < -0.4 is 10.6 Å². The maximum atomic E-state index is 13.4. The number of hydrogen-bond donors (Lipinski definition) is 2. The van der Waals surface area contributed by atoms with Crippen LogP contribution in [0.25, 0.3) is 11.1 Å². The number of anilines is 1. The molecule has 0 aliphatic heterocycles. The first-order valence-corrected chi connectivity index (χ1v) is 9.17. The number of benzene rings is 1. The molecule has 7 heteroatoms. The summed E-state index contributed by atoms with van der Waals surface area (Å²) in [4.78, 5) is 12.3. The first kappa shape index (κ1) is 19.2. The number of hydrogen-bond acceptors (Lipinski definition) is 4. The quantitative estimate of drug-likeness (QED) is 0.687. The second kappa shape index (κ2) is 8.84. The second-order valence-electron chi connectivity index (χ2n) is 6.03. The number of thiophene rings is 1. The fourth-order valence-corrected chi connectivity index (χ4v) is 3.42. The molecule has 2 aromatic rings. The summed E-state index contributed by atoms with van der Waals surface area (Å²) < 4.78 is 13.4. The lowest BCUT2D eigenvalue weighted by atomic mass is 10.0. The molecule has 1 atom stereocenters. The number of nitrogens with one attached hydrogen (secondary N) is 2. The molecule has 25 heavy (non-hydrogen) atoms. The number of nitrogens with zero attached hydrogens (tertiary/aromatic N) is 1. The van der Waals surface area contributed by atoms with Crippen LogP contribution in [0.2, 0.25) is 5.02 Å². The molecule has 2 N–H and O–H groups in total. The summed E-state index contributed by atoms with van der Waals surface area (Å²) in [6.07, 6.45) is 0.622. The largest absolute Gasteiger partial charge is 0.372 e. The zero-order valence-corrected chi connectivity index (χ0v) is 15.5. The molecule has 0 fully saturated rings. The van der Waals surface area contributed by atoms with E-state index in [0.29, 0.717) is 12.3 Å². The lowest BCUT2D eigenvalue weighted by Crippen LogP contribution is -2.40. The van der Waals surface area contributed by atoms with Crippen molar-refractivity contribution in [2.24, 2.45) is 5.92 Å². The molecular weight excluding hydrogens is 361 g/mol. The molecule has 4 nitrogen and oxygen atoms in total. The van der Waals surface area contributed by atoms with Gasteiger partial charge in [-0.2, -0.15) is 5.26 Å². The summed E-state index contributed by atoms with van der Waals surface area (Å²) in [6, 6.07) is 5.99. The summed E-state index contributed by atoms with van der Waals surface area (Å²) in [5.74, 6) is -0.388. The van der Waals surface area contributed by atoms with E-state index in [-0.39, 0.29) is 17.5 Å². The van der Waals surface area contributed by atoms with Crippen LogP contribution in [0, 0.1) is 23.1 Å². The van der Waals surface area contributed by atoms with Gasteiger partial charge in [-0.05, 0) is 30.0 Å². The summed E-state index contributed by atoms with van der Waals surface area (Å²) in [7, 11) is 0. The van der Waals surface area contributed by atoms with E-state index in [1.807, 2.05) is 30.7 Å². The Hall–Kier alpha value is -2.10. The molecule has 0 spiro atoms. The molecule has 1 aromatic carbocycles. The molecule has 1 amide bonds. The Kier molecular flexibility index (Phi) is 6.80. The fourth-order valence-electron chi connectivity index (χ4n) is 2.44. The second-order valence-corrected chi connectivity index (χ2v) is 7.18. The van der Waals surface area contributed by atoms with E-state index in [2.05, 4.69) is 10.6 Å². The van der Waals surface area contributed by atoms with Gasteiger partial charge in [0.25, 0.3) is 0 Å². The van der Waals surface area contributed by atoms with Gasteiger partial charge in [0.15, 0.2) is 0 Å². The van der Waals surface area contributed by atoms with Crippen LogP contribution in [0.5, 0.6) is 0 Å². The van der Waals surface area contributed by atoms with Crippen molar-refractivity contribution in [1.82, 2.24) is 5.32 Å². The predicted octanol–water partition coefficient (Wildman–Crippen LogP) is 4.67. The van der Waals surface area contributed by atoms with Gasteiger partial charge in [0.1, 0.15) is 18.4 Å². The fraction of sp³-hybridized carbons (Fsp3) is 0.333.